The zero-order chi connectivity index (χ0) is 24.3. The van der Waals surface area contributed by atoms with E-state index >= 15 is 4.39 Å². The molecule has 5 heteroatoms. The molecule has 0 saturated heterocycles. The molecule has 0 aliphatic heterocycles. The predicted octanol–water partition coefficient (Wildman–Crippen LogP) is 6.74. The van der Waals surface area contributed by atoms with E-state index in [-0.39, 0.29) is 5.82 Å². The average molecular weight is 445 g/mol. The first-order chi connectivity index (χ1) is 15.6. The van der Waals surface area contributed by atoms with Crippen molar-refractivity contribution in [2.75, 3.05) is 0 Å². The van der Waals surface area contributed by atoms with Gasteiger partial charge in [-0.2, -0.15) is 0 Å². The third-order valence-electron chi connectivity index (χ3n) is 5.08. The summed E-state index contributed by atoms with van der Waals surface area (Å²) in [6.45, 7) is 13.9. The number of benzene rings is 3. The quantitative estimate of drug-likeness (QED) is 0.240. The lowest BCUT2D eigenvalue weighted by molar-refractivity contribution is -0.131. The average Bonchev–Trinajstić information content (AvgIpc) is 2.75. The standard InChI is InChI=1S/C28H25FO4/c1-16(2)27(30)32-22-9-11-23(18(5)14-22)24-10-7-21(15-25(24)29)20-8-12-26(19(6)13-20)33-28(31)17(3)4/h7-15H,1,3H2,2,4-6H3. The second kappa shape index (κ2) is 9.65. The zero-order valence-corrected chi connectivity index (χ0v) is 19.1. The van der Waals surface area contributed by atoms with Gasteiger partial charge in [-0.1, -0.05) is 37.4 Å². The normalized spacial score (nSPS) is 10.5. The first-order valence-corrected chi connectivity index (χ1v) is 10.3. The third kappa shape index (κ3) is 5.44. The van der Waals surface area contributed by atoms with Gasteiger partial charge in [-0.15, -0.1) is 0 Å². The lowest BCUT2D eigenvalue weighted by atomic mass is 9.96. The Bertz CT molecular complexity index is 1290. The molecule has 0 saturated carbocycles. The van der Waals surface area contributed by atoms with E-state index in [1.165, 1.54) is 6.07 Å². The molecule has 168 valence electrons. The molecule has 0 aliphatic rings. The molecule has 0 bridgehead atoms. The second-order valence-corrected chi connectivity index (χ2v) is 7.99. The van der Waals surface area contributed by atoms with Crippen LogP contribution in [0.4, 0.5) is 4.39 Å². The van der Waals surface area contributed by atoms with E-state index in [9.17, 15) is 9.59 Å². The predicted molar refractivity (Wildman–Crippen MR) is 128 cm³/mol. The minimum Gasteiger partial charge on any atom is -0.423 e. The van der Waals surface area contributed by atoms with E-state index in [4.69, 9.17) is 9.47 Å². The van der Waals surface area contributed by atoms with E-state index in [0.29, 0.717) is 39.3 Å². The Balaban J connectivity index is 1.87. The summed E-state index contributed by atoms with van der Waals surface area (Å²) in [5.41, 5.74) is 4.78. The number of hydrogen-bond acceptors (Lipinski definition) is 4. The number of rotatable bonds is 6. The van der Waals surface area contributed by atoms with Crippen LogP contribution in [-0.4, -0.2) is 11.9 Å². The van der Waals surface area contributed by atoms with E-state index in [2.05, 4.69) is 13.2 Å². The Morgan fingerprint density at radius 3 is 1.88 bits per heavy atom. The van der Waals surface area contributed by atoms with Crippen LogP contribution in [-0.2, 0) is 9.59 Å². The number of carbonyl (C=O) groups excluding carboxylic acids is 2. The van der Waals surface area contributed by atoms with Gasteiger partial charge in [-0.3, -0.25) is 0 Å². The van der Waals surface area contributed by atoms with Crippen molar-refractivity contribution in [2.45, 2.75) is 27.7 Å². The maximum atomic E-state index is 15.1. The number of ether oxygens (including phenoxy) is 2. The molecule has 0 atom stereocenters. The highest BCUT2D eigenvalue weighted by atomic mass is 19.1. The molecule has 0 aromatic heterocycles. The number of carbonyl (C=O) groups is 2. The van der Waals surface area contributed by atoms with Crippen LogP contribution in [0.15, 0.2) is 78.9 Å². The lowest BCUT2D eigenvalue weighted by Gasteiger charge is -2.12. The van der Waals surface area contributed by atoms with Crippen molar-refractivity contribution in [1.82, 2.24) is 0 Å². The van der Waals surface area contributed by atoms with E-state index < -0.39 is 11.9 Å². The highest BCUT2D eigenvalue weighted by Gasteiger charge is 2.14. The highest BCUT2D eigenvalue weighted by Crippen LogP contribution is 2.33. The van der Waals surface area contributed by atoms with Gasteiger partial charge in [0.05, 0.1) is 0 Å². The fourth-order valence-corrected chi connectivity index (χ4v) is 3.24. The topological polar surface area (TPSA) is 52.6 Å². The molecule has 0 fully saturated rings. The van der Waals surface area contributed by atoms with Crippen molar-refractivity contribution in [3.8, 4) is 33.8 Å². The zero-order valence-electron chi connectivity index (χ0n) is 19.1. The molecular weight excluding hydrogens is 419 g/mol. The summed E-state index contributed by atoms with van der Waals surface area (Å²) in [6.07, 6.45) is 0. The van der Waals surface area contributed by atoms with Crippen LogP contribution in [0.2, 0.25) is 0 Å². The summed E-state index contributed by atoms with van der Waals surface area (Å²) in [4.78, 5) is 23.5. The van der Waals surface area contributed by atoms with E-state index in [0.717, 1.165) is 16.7 Å². The molecule has 33 heavy (non-hydrogen) atoms. The van der Waals surface area contributed by atoms with Gasteiger partial charge in [0.1, 0.15) is 17.3 Å². The van der Waals surface area contributed by atoms with Gasteiger partial charge in [-0.25, -0.2) is 14.0 Å². The molecule has 3 aromatic rings. The molecule has 3 aromatic carbocycles. The van der Waals surface area contributed by atoms with Crippen molar-refractivity contribution in [3.63, 3.8) is 0 Å². The van der Waals surface area contributed by atoms with Crippen LogP contribution in [0.5, 0.6) is 11.5 Å². The fraction of sp³-hybridized carbons (Fsp3) is 0.143. The van der Waals surface area contributed by atoms with Crippen molar-refractivity contribution in [2.24, 2.45) is 0 Å². The van der Waals surface area contributed by atoms with Gasteiger partial charge in [0, 0.05) is 16.7 Å². The van der Waals surface area contributed by atoms with Crippen molar-refractivity contribution in [3.05, 3.63) is 95.8 Å². The molecular formula is C28H25FO4. The lowest BCUT2D eigenvalue weighted by Crippen LogP contribution is -2.09. The van der Waals surface area contributed by atoms with Crippen molar-refractivity contribution in [1.29, 1.82) is 0 Å². The van der Waals surface area contributed by atoms with Gasteiger partial charge in [-0.05, 0) is 85.8 Å². The minimum atomic E-state index is -0.506. The molecule has 0 amide bonds. The van der Waals surface area contributed by atoms with Crippen LogP contribution in [0.3, 0.4) is 0 Å². The first-order valence-electron chi connectivity index (χ1n) is 10.3. The summed E-state index contributed by atoms with van der Waals surface area (Å²) in [5.74, 6) is -0.556. The highest BCUT2D eigenvalue weighted by molar-refractivity contribution is 5.89. The van der Waals surface area contributed by atoms with Crippen LogP contribution in [0.1, 0.15) is 25.0 Å². The van der Waals surface area contributed by atoms with Crippen LogP contribution >= 0.6 is 0 Å². The maximum absolute atomic E-state index is 15.1. The first kappa shape index (κ1) is 23.7. The molecule has 3 rings (SSSR count). The Labute approximate surface area is 193 Å². The number of esters is 2. The van der Waals surface area contributed by atoms with Gasteiger partial charge >= 0.3 is 11.9 Å². The maximum Gasteiger partial charge on any atom is 0.338 e. The van der Waals surface area contributed by atoms with Crippen LogP contribution in [0, 0.1) is 19.7 Å². The summed E-state index contributed by atoms with van der Waals surface area (Å²) in [5, 5.41) is 0. The SMILES string of the molecule is C=C(C)C(=O)Oc1ccc(-c2ccc(-c3ccc(OC(=O)C(=C)C)c(C)c3)cc2F)c(C)c1. The summed E-state index contributed by atoms with van der Waals surface area (Å²) < 4.78 is 25.6. The largest absolute Gasteiger partial charge is 0.423 e. The summed E-state index contributed by atoms with van der Waals surface area (Å²) >= 11 is 0. The Morgan fingerprint density at radius 2 is 1.30 bits per heavy atom. The number of halogens is 1. The molecule has 0 heterocycles. The molecule has 0 aliphatic carbocycles. The van der Waals surface area contributed by atoms with Gasteiger partial charge < -0.3 is 9.47 Å². The molecule has 0 N–H and O–H groups in total. The number of hydrogen-bond donors (Lipinski definition) is 0. The minimum absolute atomic E-state index is 0.301. The Kier molecular flexibility index (Phi) is 6.92. The van der Waals surface area contributed by atoms with Crippen molar-refractivity contribution >= 4 is 11.9 Å². The molecule has 0 unspecified atom stereocenters. The Hall–Kier alpha value is -3.99. The molecule has 0 spiro atoms. The second-order valence-electron chi connectivity index (χ2n) is 7.99. The van der Waals surface area contributed by atoms with Crippen LogP contribution < -0.4 is 9.47 Å². The van der Waals surface area contributed by atoms with Gasteiger partial charge in [0.15, 0.2) is 0 Å². The van der Waals surface area contributed by atoms with Crippen molar-refractivity contribution < 1.29 is 23.5 Å². The third-order valence-corrected chi connectivity index (χ3v) is 5.08. The van der Waals surface area contributed by atoms with Gasteiger partial charge in [0.2, 0.25) is 0 Å². The summed E-state index contributed by atoms with van der Waals surface area (Å²) in [7, 11) is 0. The molecule has 0 radical (unpaired) electrons. The Morgan fingerprint density at radius 1 is 0.727 bits per heavy atom. The summed E-state index contributed by atoms with van der Waals surface area (Å²) in [6, 6.07) is 15.4. The van der Waals surface area contributed by atoms with E-state index in [1.807, 2.05) is 26.0 Å². The van der Waals surface area contributed by atoms with E-state index in [1.54, 1.807) is 50.2 Å². The molecule has 4 nitrogen and oxygen atoms in total. The van der Waals surface area contributed by atoms with Crippen LogP contribution in [0.25, 0.3) is 22.3 Å². The fourth-order valence-electron chi connectivity index (χ4n) is 3.24. The number of aryl methyl sites for hydroxylation is 2. The van der Waals surface area contributed by atoms with Gasteiger partial charge in [0.25, 0.3) is 0 Å². The smallest absolute Gasteiger partial charge is 0.338 e. The monoisotopic (exact) mass is 444 g/mol.